The van der Waals surface area contributed by atoms with Crippen LogP contribution >= 0.6 is 15.9 Å². The summed E-state index contributed by atoms with van der Waals surface area (Å²) in [5.41, 5.74) is 6.86. The second kappa shape index (κ2) is 9.02. The molecule has 30 heavy (non-hydrogen) atoms. The first-order valence-corrected chi connectivity index (χ1v) is 10.9. The zero-order valence-corrected chi connectivity index (χ0v) is 19.2. The molecule has 0 spiro atoms. The summed E-state index contributed by atoms with van der Waals surface area (Å²) in [6.45, 7) is 6.42. The zero-order chi connectivity index (χ0) is 21.1. The third-order valence-corrected chi connectivity index (χ3v) is 5.88. The standard InChI is InChI=1S/C25H26BrN3O/c1-17-12-18(2)14-20(13-17)25-28-23-9-8-21(30-11-10-27-3)15-24(23)29(25)16-19-6-4-5-7-22(19)26/h4-9,12-15,27H,10-11,16H2,1-3H3. The molecular formula is C25H26BrN3O. The number of ether oxygens (including phenoxy) is 1. The van der Waals surface area contributed by atoms with Crippen LogP contribution in [-0.2, 0) is 6.54 Å². The Morgan fingerprint density at radius 3 is 2.50 bits per heavy atom. The molecule has 0 aliphatic carbocycles. The summed E-state index contributed by atoms with van der Waals surface area (Å²) in [4.78, 5) is 5.01. The molecule has 4 aromatic rings. The van der Waals surface area contributed by atoms with Crippen molar-refractivity contribution in [2.75, 3.05) is 20.2 Å². The summed E-state index contributed by atoms with van der Waals surface area (Å²) in [6, 6.07) is 21.1. The van der Waals surface area contributed by atoms with E-state index >= 15 is 0 Å². The van der Waals surface area contributed by atoms with Gasteiger partial charge in [-0.1, -0.05) is 51.3 Å². The van der Waals surface area contributed by atoms with Crippen molar-refractivity contribution in [1.82, 2.24) is 14.9 Å². The molecule has 0 bridgehead atoms. The molecular weight excluding hydrogens is 438 g/mol. The number of benzene rings is 3. The molecule has 5 heteroatoms. The first-order valence-electron chi connectivity index (χ1n) is 10.1. The average molecular weight is 464 g/mol. The van der Waals surface area contributed by atoms with Gasteiger partial charge in [0.2, 0.25) is 0 Å². The molecule has 0 saturated heterocycles. The number of likely N-dealkylation sites (N-methyl/N-ethyl adjacent to an activating group) is 1. The van der Waals surface area contributed by atoms with Crippen LogP contribution in [0.25, 0.3) is 22.4 Å². The predicted molar refractivity (Wildman–Crippen MR) is 127 cm³/mol. The minimum atomic E-state index is 0.629. The van der Waals surface area contributed by atoms with Gasteiger partial charge in [-0.25, -0.2) is 4.98 Å². The summed E-state index contributed by atoms with van der Waals surface area (Å²) in [6.07, 6.45) is 0. The van der Waals surface area contributed by atoms with Crippen molar-refractivity contribution in [3.8, 4) is 17.1 Å². The third kappa shape index (κ3) is 4.42. The molecule has 0 saturated carbocycles. The molecule has 4 nitrogen and oxygen atoms in total. The van der Waals surface area contributed by atoms with E-state index in [2.05, 4.69) is 82.1 Å². The van der Waals surface area contributed by atoms with Crippen LogP contribution in [0, 0.1) is 13.8 Å². The van der Waals surface area contributed by atoms with Gasteiger partial charge in [-0.3, -0.25) is 0 Å². The highest BCUT2D eigenvalue weighted by Gasteiger charge is 2.15. The molecule has 3 aromatic carbocycles. The SMILES string of the molecule is CNCCOc1ccc2nc(-c3cc(C)cc(C)c3)n(Cc3ccccc3Br)c2c1. The zero-order valence-electron chi connectivity index (χ0n) is 17.6. The van der Waals surface area contributed by atoms with E-state index in [1.54, 1.807) is 0 Å². The van der Waals surface area contributed by atoms with Crippen molar-refractivity contribution < 1.29 is 4.74 Å². The summed E-state index contributed by atoms with van der Waals surface area (Å²) in [5.74, 6) is 1.83. The topological polar surface area (TPSA) is 39.1 Å². The second-order valence-corrected chi connectivity index (χ2v) is 8.45. The van der Waals surface area contributed by atoms with Crippen molar-refractivity contribution >= 4 is 27.0 Å². The molecule has 0 amide bonds. The van der Waals surface area contributed by atoms with Gasteiger partial charge in [0.05, 0.1) is 17.6 Å². The van der Waals surface area contributed by atoms with Crippen molar-refractivity contribution in [3.63, 3.8) is 0 Å². The molecule has 0 radical (unpaired) electrons. The van der Waals surface area contributed by atoms with E-state index in [4.69, 9.17) is 9.72 Å². The number of nitrogens with zero attached hydrogens (tertiary/aromatic N) is 2. The van der Waals surface area contributed by atoms with Crippen LogP contribution in [0.1, 0.15) is 16.7 Å². The lowest BCUT2D eigenvalue weighted by Crippen LogP contribution is -2.15. The van der Waals surface area contributed by atoms with E-state index in [9.17, 15) is 0 Å². The molecule has 1 N–H and O–H groups in total. The minimum Gasteiger partial charge on any atom is -0.492 e. The lowest BCUT2D eigenvalue weighted by Gasteiger charge is -2.13. The van der Waals surface area contributed by atoms with Gasteiger partial charge in [0, 0.05) is 22.6 Å². The lowest BCUT2D eigenvalue weighted by atomic mass is 10.1. The Bertz CT molecular complexity index is 1160. The lowest BCUT2D eigenvalue weighted by molar-refractivity contribution is 0.319. The van der Waals surface area contributed by atoms with E-state index in [0.29, 0.717) is 6.61 Å². The maximum absolute atomic E-state index is 5.92. The Morgan fingerprint density at radius 2 is 1.77 bits per heavy atom. The van der Waals surface area contributed by atoms with Crippen LogP contribution < -0.4 is 10.1 Å². The number of nitrogens with one attached hydrogen (secondary N) is 1. The molecule has 0 unspecified atom stereocenters. The predicted octanol–water partition coefficient (Wildman–Crippen LogP) is 5.73. The Balaban J connectivity index is 1.85. The number of fused-ring (bicyclic) bond motifs is 1. The van der Waals surface area contributed by atoms with E-state index < -0.39 is 0 Å². The molecule has 154 valence electrons. The normalized spacial score (nSPS) is 11.2. The number of aryl methyl sites for hydroxylation is 2. The van der Waals surface area contributed by atoms with Crippen molar-refractivity contribution in [1.29, 1.82) is 0 Å². The maximum atomic E-state index is 5.92. The van der Waals surface area contributed by atoms with Gasteiger partial charge in [0.25, 0.3) is 0 Å². The highest BCUT2D eigenvalue weighted by molar-refractivity contribution is 9.10. The number of hydrogen-bond donors (Lipinski definition) is 1. The van der Waals surface area contributed by atoms with Gasteiger partial charge in [0.1, 0.15) is 18.2 Å². The molecule has 1 aromatic heterocycles. The fourth-order valence-corrected chi connectivity index (χ4v) is 4.15. The quantitative estimate of drug-likeness (QED) is 0.355. The third-order valence-electron chi connectivity index (χ3n) is 5.11. The monoisotopic (exact) mass is 463 g/mol. The number of rotatable bonds is 7. The van der Waals surface area contributed by atoms with E-state index in [-0.39, 0.29) is 0 Å². The summed E-state index contributed by atoms with van der Waals surface area (Å²) in [5, 5.41) is 3.11. The van der Waals surface area contributed by atoms with E-state index in [1.807, 2.05) is 25.2 Å². The highest BCUT2D eigenvalue weighted by Crippen LogP contribution is 2.30. The molecule has 0 fully saturated rings. The van der Waals surface area contributed by atoms with E-state index in [1.165, 1.54) is 16.7 Å². The maximum Gasteiger partial charge on any atom is 0.141 e. The molecule has 0 atom stereocenters. The fraction of sp³-hybridized carbons (Fsp3) is 0.240. The van der Waals surface area contributed by atoms with Gasteiger partial charge >= 0.3 is 0 Å². The Kier molecular flexibility index (Phi) is 6.21. The van der Waals surface area contributed by atoms with Gasteiger partial charge in [-0.05, 0) is 56.8 Å². The number of halogens is 1. The Hall–Kier alpha value is -2.63. The minimum absolute atomic E-state index is 0.629. The van der Waals surface area contributed by atoms with Gasteiger partial charge in [-0.2, -0.15) is 0 Å². The molecule has 0 aliphatic rings. The number of aromatic nitrogens is 2. The average Bonchev–Trinajstić information content (AvgIpc) is 3.07. The van der Waals surface area contributed by atoms with E-state index in [0.717, 1.165) is 45.7 Å². The Labute approximate surface area is 186 Å². The molecule has 4 rings (SSSR count). The van der Waals surface area contributed by atoms with Crippen LogP contribution in [0.3, 0.4) is 0 Å². The first kappa shape index (κ1) is 20.6. The van der Waals surface area contributed by atoms with Crippen molar-refractivity contribution in [3.05, 3.63) is 81.8 Å². The molecule has 0 aliphatic heterocycles. The number of hydrogen-bond acceptors (Lipinski definition) is 3. The molecule has 1 heterocycles. The smallest absolute Gasteiger partial charge is 0.141 e. The summed E-state index contributed by atoms with van der Waals surface area (Å²) >= 11 is 3.70. The van der Waals surface area contributed by atoms with Crippen LogP contribution in [-0.4, -0.2) is 29.8 Å². The Morgan fingerprint density at radius 1 is 1.00 bits per heavy atom. The summed E-state index contributed by atoms with van der Waals surface area (Å²) in [7, 11) is 1.93. The van der Waals surface area contributed by atoms with Gasteiger partial charge in [-0.15, -0.1) is 0 Å². The van der Waals surface area contributed by atoms with Crippen LogP contribution in [0.2, 0.25) is 0 Å². The first-order chi connectivity index (χ1) is 14.5. The second-order valence-electron chi connectivity index (χ2n) is 7.59. The van der Waals surface area contributed by atoms with Gasteiger partial charge in [0.15, 0.2) is 0 Å². The largest absolute Gasteiger partial charge is 0.492 e. The fourth-order valence-electron chi connectivity index (χ4n) is 3.74. The van der Waals surface area contributed by atoms with Crippen molar-refractivity contribution in [2.45, 2.75) is 20.4 Å². The highest BCUT2D eigenvalue weighted by atomic mass is 79.9. The van der Waals surface area contributed by atoms with Crippen LogP contribution in [0.5, 0.6) is 5.75 Å². The summed E-state index contributed by atoms with van der Waals surface area (Å²) < 4.78 is 9.31. The van der Waals surface area contributed by atoms with Gasteiger partial charge < -0.3 is 14.6 Å². The number of imidazole rings is 1. The van der Waals surface area contributed by atoms with Crippen LogP contribution in [0.4, 0.5) is 0 Å². The van der Waals surface area contributed by atoms with Crippen LogP contribution in [0.15, 0.2) is 65.1 Å². The van der Waals surface area contributed by atoms with Crippen molar-refractivity contribution in [2.24, 2.45) is 0 Å².